The maximum Gasteiger partial charge on any atom is 0.417 e. The Kier molecular flexibility index (Phi) is 8.76. The van der Waals surface area contributed by atoms with Gasteiger partial charge in [0.1, 0.15) is 0 Å². The van der Waals surface area contributed by atoms with Gasteiger partial charge < -0.3 is 10.6 Å². The van der Waals surface area contributed by atoms with Crippen LogP contribution in [0.1, 0.15) is 52.7 Å². The lowest BCUT2D eigenvalue weighted by atomic mass is 9.96. The van der Waals surface area contributed by atoms with Gasteiger partial charge >= 0.3 is 12.4 Å². The third-order valence-corrected chi connectivity index (χ3v) is 6.64. The molecule has 0 heterocycles. The summed E-state index contributed by atoms with van der Waals surface area (Å²) in [5.41, 5.74) is -2.70. The molecular formula is C24H19Cl3F6N2O2. The van der Waals surface area contributed by atoms with Crippen LogP contribution in [0.3, 0.4) is 0 Å². The van der Waals surface area contributed by atoms with Gasteiger partial charge in [-0.1, -0.05) is 53.0 Å². The average Bonchev–Trinajstić information content (AvgIpc) is 3.61. The molecule has 1 fully saturated rings. The number of carbonyl (C=O) groups is 2. The van der Waals surface area contributed by atoms with E-state index in [1.54, 1.807) is 0 Å². The van der Waals surface area contributed by atoms with Crippen LogP contribution in [0.25, 0.3) is 6.08 Å². The van der Waals surface area contributed by atoms with Crippen molar-refractivity contribution in [1.29, 1.82) is 0 Å². The Bertz CT molecular complexity index is 1200. The highest BCUT2D eigenvalue weighted by atomic mass is 35.5. The van der Waals surface area contributed by atoms with Crippen LogP contribution in [-0.4, -0.2) is 24.2 Å². The quantitative estimate of drug-likeness (QED) is 0.199. The molecule has 4 nitrogen and oxygen atoms in total. The Labute approximate surface area is 222 Å². The van der Waals surface area contributed by atoms with Crippen molar-refractivity contribution < 1.29 is 35.9 Å². The number of hydrogen-bond donors (Lipinski definition) is 2. The summed E-state index contributed by atoms with van der Waals surface area (Å²) in [5, 5.41) is 4.19. The minimum Gasteiger partial charge on any atom is -0.336 e. The van der Waals surface area contributed by atoms with Crippen LogP contribution in [0.15, 0.2) is 36.4 Å². The summed E-state index contributed by atoms with van der Waals surface area (Å²) >= 11 is 17.5. The first-order valence-corrected chi connectivity index (χ1v) is 11.9. The van der Waals surface area contributed by atoms with Crippen molar-refractivity contribution in [3.8, 4) is 0 Å². The van der Waals surface area contributed by atoms with Gasteiger partial charge in [-0.15, -0.1) is 0 Å². The van der Waals surface area contributed by atoms with Crippen LogP contribution < -0.4 is 10.6 Å². The lowest BCUT2D eigenvalue weighted by molar-refractivity contribution is -0.139. The van der Waals surface area contributed by atoms with Gasteiger partial charge in [0.25, 0.3) is 5.91 Å². The topological polar surface area (TPSA) is 58.2 Å². The van der Waals surface area contributed by atoms with Gasteiger partial charge in [-0.25, -0.2) is 0 Å². The molecule has 2 N–H and O–H groups in total. The minimum absolute atomic E-state index is 0.137. The highest BCUT2D eigenvalue weighted by Crippen LogP contribution is 2.41. The summed E-state index contributed by atoms with van der Waals surface area (Å²) < 4.78 is 82.4. The Morgan fingerprint density at radius 1 is 0.973 bits per heavy atom. The molecule has 0 radical (unpaired) electrons. The van der Waals surface area contributed by atoms with Crippen molar-refractivity contribution in [3.63, 3.8) is 0 Å². The number of nitrogens with one attached hydrogen (secondary N) is 2. The molecule has 1 unspecified atom stereocenters. The van der Waals surface area contributed by atoms with Crippen molar-refractivity contribution >= 4 is 52.7 Å². The van der Waals surface area contributed by atoms with Crippen molar-refractivity contribution in [3.05, 3.63) is 73.7 Å². The largest absolute Gasteiger partial charge is 0.417 e. The molecule has 0 saturated heterocycles. The van der Waals surface area contributed by atoms with E-state index < -0.39 is 41.5 Å². The molecular weight excluding hydrogens is 569 g/mol. The van der Waals surface area contributed by atoms with E-state index >= 15 is 0 Å². The Balaban J connectivity index is 1.88. The van der Waals surface area contributed by atoms with Gasteiger partial charge in [0.05, 0.1) is 38.3 Å². The molecule has 2 atom stereocenters. The average molecular weight is 588 g/mol. The van der Waals surface area contributed by atoms with E-state index in [-0.39, 0.29) is 38.0 Å². The normalized spacial score (nSPS) is 15.9. The van der Waals surface area contributed by atoms with Crippen molar-refractivity contribution in [2.24, 2.45) is 5.92 Å². The van der Waals surface area contributed by atoms with Crippen molar-refractivity contribution in [2.75, 3.05) is 0 Å². The van der Waals surface area contributed by atoms with Gasteiger partial charge in [0.2, 0.25) is 5.91 Å². The third-order valence-electron chi connectivity index (χ3n) is 5.45. The fourth-order valence-electron chi connectivity index (χ4n) is 3.46. The fourth-order valence-corrected chi connectivity index (χ4v) is 4.07. The number of halogens is 9. The number of benzene rings is 2. The first kappa shape index (κ1) is 29.1. The molecule has 200 valence electrons. The number of rotatable bonds is 7. The smallest absolute Gasteiger partial charge is 0.336 e. The first-order chi connectivity index (χ1) is 17.1. The Morgan fingerprint density at radius 2 is 1.57 bits per heavy atom. The maximum absolute atomic E-state index is 13.7. The zero-order valence-electron chi connectivity index (χ0n) is 18.9. The van der Waals surface area contributed by atoms with E-state index in [2.05, 4.69) is 10.6 Å². The lowest BCUT2D eigenvalue weighted by Gasteiger charge is -2.19. The molecule has 1 aliphatic rings. The van der Waals surface area contributed by atoms with E-state index in [4.69, 9.17) is 34.8 Å². The van der Waals surface area contributed by atoms with Crippen molar-refractivity contribution in [2.45, 2.75) is 44.2 Å². The second-order valence-corrected chi connectivity index (χ2v) is 9.65. The van der Waals surface area contributed by atoms with E-state index in [0.29, 0.717) is 25.0 Å². The van der Waals surface area contributed by atoms with E-state index in [0.717, 1.165) is 30.3 Å². The predicted octanol–water partition coefficient (Wildman–Crippen LogP) is 7.63. The summed E-state index contributed by atoms with van der Waals surface area (Å²) in [5.74, 6) is -3.85. The molecule has 0 bridgehead atoms. The van der Waals surface area contributed by atoms with Crippen LogP contribution in [0.2, 0.25) is 15.1 Å². The highest BCUT2D eigenvalue weighted by molar-refractivity contribution is 6.48. The molecule has 37 heavy (non-hydrogen) atoms. The zero-order chi connectivity index (χ0) is 27.7. The molecule has 2 amide bonds. The summed E-state index contributed by atoms with van der Waals surface area (Å²) in [6, 6.07) is 4.43. The number of alkyl halides is 6. The molecule has 0 spiro atoms. The Morgan fingerprint density at radius 3 is 2.08 bits per heavy atom. The Hall–Kier alpha value is -2.43. The molecule has 2 aromatic rings. The molecule has 0 aromatic heterocycles. The minimum atomic E-state index is -4.99. The van der Waals surface area contributed by atoms with Gasteiger partial charge in [-0.05, 0) is 55.2 Å². The van der Waals surface area contributed by atoms with Crippen LogP contribution in [-0.2, 0) is 11.0 Å². The molecule has 1 aliphatic carbocycles. The van der Waals surface area contributed by atoms with Crippen molar-refractivity contribution in [1.82, 2.24) is 10.6 Å². The monoisotopic (exact) mass is 586 g/mol. The van der Waals surface area contributed by atoms with E-state index in [1.807, 2.05) is 0 Å². The number of allylic oxidation sites excluding steroid dienone is 1. The predicted molar refractivity (Wildman–Crippen MR) is 129 cm³/mol. The number of hydrogen-bond acceptors (Lipinski definition) is 2. The molecule has 1 saturated carbocycles. The number of amides is 2. The standard InChI is InChI=1S/C24H19Cl3F6N2O2/c1-11(34-21(36)13-4-5-13)35-22(37)15-6-2-12(8-17(15)24(31,32)33)3-7-16(23(28,29)30)14-9-18(25)20(27)19(26)10-14/h2-3,6-11,13,16H,4-5H2,1H3,(H,34,36)(H,35,37)/b7-3+/t11-,16?/m1/s1. The summed E-state index contributed by atoms with van der Waals surface area (Å²) in [6.45, 7) is 1.40. The summed E-state index contributed by atoms with van der Waals surface area (Å²) in [4.78, 5) is 24.3. The number of carbonyl (C=O) groups excluding carboxylic acids is 2. The van der Waals surface area contributed by atoms with Crippen LogP contribution in [0.5, 0.6) is 0 Å². The maximum atomic E-state index is 13.7. The molecule has 0 aliphatic heterocycles. The van der Waals surface area contributed by atoms with Crippen LogP contribution >= 0.6 is 34.8 Å². The second kappa shape index (κ2) is 11.1. The fraction of sp³-hybridized carbons (Fsp3) is 0.333. The van der Waals surface area contributed by atoms with E-state index in [9.17, 15) is 35.9 Å². The van der Waals surface area contributed by atoms with Gasteiger partial charge in [-0.2, -0.15) is 26.3 Å². The molecule has 13 heteroatoms. The lowest BCUT2D eigenvalue weighted by Crippen LogP contribution is -2.46. The van der Waals surface area contributed by atoms with Crippen LogP contribution in [0.4, 0.5) is 26.3 Å². The summed E-state index contributed by atoms with van der Waals surface area (Å²) in [6.07, 6.45) is -7.85. The molecule has 3 rings (SSSR count). The first-order valence-electron chi connectivity index (χ1n) is 10.8. The van der Waals surface area contributed by atoms with Gasteiger partial charge in [-0.3, -0.25) is 9.59 Å². The second-order valence-electron chi connectivity index (χ2n) is 8.46. The van der Waals surface area contributed by atoms with Crippen LogP contribution in [0, 0.1) is 5.92 Å². The zero-order valence-corrected chi connectivity index (χ0v) is 21.2. The highest BCUT2D eigenvalue weighted by Gasteiger charge is 2.40. The van der Waals surface area contributed by atoms with E-state index in [1.165, 1.54) is 6.92 Å². The van der Waals surface area contributed by atoms with Gasteiger partial charge in [0.15, 0.2) is 0 Å². The molecule has 2 aromatic carbocycles. The van der Waals surface area contributed by atoms with Gasteiger partial charge in [0, 0.05) is 5.92 Å². The third kappa shape index (κ3) is 7.55. The SMILES string of the molecule is C[C@@H](NC(=O)c1ccc(/C=C/C(c2cc(Cl)c(Cl)c(Cl)c2)C(F)(F)F)cc1C(F)(F)F)NC(=O)C1CC1. The summed E-state index contributed by atoms with van der Waals surface area (Å²) in [7, 11) is 0.